The highest BCUT2D eigenvalue weighted by Gasteiger charge is 2.17. The smallest absolute Gasteiger partial charge is 0.321 e. The number of ether oxygens (including phenoxy) is 1. The third-order valence-corrected chi connectivity index (χ3v) is 5.92. The Morgan fingerprint density at radius 1 is 1.19 bits per heavy atom. The van der Waals surface area contributed by atoms with E-state index in [1.807, 2.05) is 31.4 Å². The first-order valence-corrected chi connectivity index (χ1v) is 10.2. The van der Waals surface area contributed by atoms with Gasteiger partial charge in [-0.15, -0.1) is 11.3 Å². The zero-order chi connectivity index (χ0) is 19.2. The number of carbonyl (C=O) groups excluding carboxylic acids is 2. The number of amides is 1. The van der Waals surface area contributed by atoms with Crippen LogP contribution in [0.5, 0.6) is 0 Å². The van der Waals surface area contributed by atoms with Gasteiger partial charge in [0, 0.05) is 4.88 Å². The molecule has 140 valence electrons. The van der Waals surface area contributed by atoms with Gasteiger partial charge in [-0.05, 0) is 37.4 Å². The summed E-state index contributed by atoms with van der Waals surface area (Å²) in [5, 5.41) is 4.60. The molecule has 0 spiro atoms. The van der Waals surface area contributed by atoms with Gasteiger partial charge in [0.05, 0.1) is 10.9 Å². The summed E-state index contributed by atoms with van der Waals surface area (Å²) in [7, 11) is -3.81. The molecule has 0 radical (unpaired) electrons. The molecule has 1 atom stereocenters. The number of nitrogens with one attached hydrogen (secondary N) is 2. The van der Waals surface area contributed by atoms with Crippen LogP contribution >= 0.6 is 11.3 Å². The lowest BCUT2D eigenvalue weighted by Gasteiger charge is -2.12. The lowest BCUT2D eigenvalue weighted by molar-refractivity contribution is -0.147. The fourth-order valence-corrected chi connectivity index (χ4v) is 3.75. The standard InChI is InChI=1S/C17H20N2O5S2/c1-12-5-7-14(8-6-12)26(22,23)18-10-17(21)24-11-16(20)19-13(2)15-4-3-9-25-15/h3-9,13,18H,10-11H2,1-2H3,(H,19,20)/t13-/m0/s1. The van der Waals surface area contributed by atoms with Gasteiger partial charge in [-0.1, -0.05) is 23.8 Å². The van der Waals surface area contributed by atoms with Crippen LogP contribution < -0.4 is 10.0 Å². The summed E-state index contributed by atoms with van der Waals surface area (Å²) in [5.74, 6) is -1.29. The Morgan fingerprint density at radius 2 is 1.88 bits per heavy atom. The van der Waals surface area contributed by atoms with Crippen molar-refractivity contribution in [2.45, 2.75) is 24.8 Å². The monoisotopic (exact) mass is 396 g/mol. The Labute approximate surface area is 156 Å². The van der Waals surface area contributed by atoms with Crippen LogP contribution in [0.1, 0.15) is 23.4 Å². The van der Waals surface area contributed by atoms with Crippen molar-refractivity contribution in [1.29, 1.82) is 0 Å². The second-order valence-electron chi connectivity index (χ2n) is 5.60. The first kappa shape index (κ1) is 20.1. The molecule has 0 bridgehead atoms. The minimum atomic E-state index is -3.81. The van der Waals surface area contributed by atoms with Gasteiger partial charge in [-0.3, -0.25) is 9.59 Å². The molecule has 2 aromatic rings. The number of rotatable bonds is 8. The molecule has 0 saturated heterocycles. The number of benzene rings is 1. The summed E-state index contributed by atoms with van der Waals surface area (Å²) in [4.78, 5) is 24.5. The van der Waals surface area contributed by atoms with E-state index in [-0.39, 0.29) is 10.9 Å². The molecule has 1 aromatic heterocycles. The summed E-state index contributed by atoms with van der Waals surface area (Å²) in [6.45, 7) is 2.64. The van der Waals surface area contributed by atoms with E-state index in [2.05, 4.69) is 10.0 Å². The lowest BCUT2D eigenvalue weighted by Crippen LogP contribution is -2.34. The van der Waals surface area contributed by atoms with Crippen molar-refractivity contribution in [3.05, 3.63) is 52.2 Å². The van der Waals surface area contributed by atoms with Gasteiger partial charge < -0.3 is 10.1 Å². The summed E-state index contributed by atoms with van der Waals surface area (Å²) in [6, 6.07) is 9.79. The van der Waals surface area contributed by atoms with Crippen molar-refractivity contribution in [1.82, 2.24) is 10.0 Å². The number of esters is 1. The Morgan fingerprint density at radius 3 is 2.50 bits per heavy atom. The number of thiophene rings is 1. The van der Waals surface area contributed by atoms with E-state index in [1.54, 1.807) is 12.1 Å². The summed E-state index contributed by atoms with van der Waals surface area (Å²) < 4.78 is 31.1. The first-order valence-electron chi connectivity index (χ1n) is 7.82. The molecular formula is C17H20N2O5S2. The maximum absolute atomic E-state index is 12.1. The normalized spacial score (nSPS) is 12.4. The van der Waals surface area contributed by atoms with Crippen molar-refractivity contribution in [3.63, 3.8) is 0 Å². The van der Waals surface area contributed by atoms with E-state index in [1.165, 1.54) is 23.5 Å². The number of aryl methyl sites for hydroxylation is 1. The van der Waals surface area contributed by atoms with E-state index < -0.39 is 35.1 Å². The third-order valence-electron chi connectivity index (χ3n) is 3.45. The lowest BCUT2D eigenvalue weighted by atomic mass is 10.2. The maximum atomic E-state index is 12.1. The largest absolute Gasteiger partial charge is 0.455 e. The summed E-state index contributed by atoms with van der Waals surface area (Å²) >= 11 is 1.51. The highest BCUT2D eigenvalue weighted by atomic mass is 32.2. The second kappa shape index (κ2) is 8.93. The van der Waals surface area contributed by atoms with Gasteiger partial charge in [0.2, 0.25) is 10.0 Å². The minimum absolute atomic E-state index is 0.0541. The quantitative estimate of drug-likeness (QED) is 0.662. The second-order valence-corrected chi connectivity index (χ2v) is 8.35. The Balaban J connectivity index is 1.76. The highest BCUT2D eigenvalue weighted by molar-refractivity contribution is 7.89. The molecule has 26 heavy (non-hydrogen) atoms. The zero-order valence-electron chi connectivity index (χ0n) is 14.4. The van der Waals surface area contributed by atoms with Crippen LogP contribution in [0.4, 0.5) is 0 Å². The third kappa shape index (κ3) is 5.94. The zero-order valence-corrected chi connectivity index (χ0v) is 16.0. The van der Waals surface area contributed by atoms with Gasteiger partial charge in [0.15, 0.2) is 6.61 Å². The predicted octanol–water partition coefficient (Wildman–Crippen LogP) is 1.76. The van der Waals surface area contributed by atoms with Gasteiger partial charge in [0.1, 0.15) is 6.54 Å². The van der Waals surface area contributed by atoms with Gasteiger partial charge >= 0.3 is 5.97 Å². The van der Waals surface area contributed by atoms with Crippen molar-refractivity contribution in [3.8, 4) is 0 Å². The molecule has 1 amide bonds. The van der Waals surface area contributed by atoms with Crippen LogP contribution in [0.2, 0.25) is 0 Å². The van der Waals surface area contributed by atoms with Crippen LogP contribution in [0, 0.1) is 6.92 Å². The number of sulfonamides is 1. The molecule has 1 aromatic carbocycles. The van der Waals surface area contributed by atoms with Crippen molar-refractivity contribution in [2.75, 3.05) is 13.2 Å². The van der Waals surface area contributed by atoms with E-state index in [4.69, 9.17) is 4.74 Å². The Kier molecular flexibility index (Phi) is 6.90. The molecule has 0 fully saturated rings. The minimum Gasteiger partial charge on any atom is -0.455 e. The fraction of sp³-hybridized carbons (Fsp3) is 0.294. The van der Waals surface area contributed by atoms with E-state index in [0.717, 1.165) is 10.4 Å². The Hall–Kier alpha value is -2.23. The van der Waals surface area contributed by atoms with Crippen molar-refractivity contribution < 1.29 is 22.7 Å². The van der Waals surface area contributed by atoms with Crippen LogP contribution in [-0.2, 0) is 24.3 Å². The number of carbonyl (C=O) groups is 2. The van der Waals surface area contributed by atoms with E-state index in [0.29, 0.717) is 0 Å². The molecule has 0 aliphatic carbocycles. The summed E-state index contributed by atoms with van der Waals surface area (Å²) in [6.07, 6.45) is 0. The predicted molar refractivity (Wildman–Crippen MR) is 98.2 cm³/mol. The van der Waals surface area contributed by atoms with E-state index >= 15 is 0 Å². The molecule has 0 unspecified atom stereocenters. The molecule has 2 N–H and O–H groups in total. The first-order chi connectivity index (χ1) is 12.3. The molecular weight excluding hydrogens is 376 g/mol. The average molecular weight is 396 g/mol. The van der Waals surface area contributed by atoms with Crippen LogP contribution in [0.3, 0.4) is 0 Å². The van der Waals surface area contributed by atoms with Crippen LogP contribution in [-0.4, -0.2) is 33.4 Å². The Bertz CT molecular complexity index is 846. The maximum Gasteiger partial charge on any atom is 0.321 e. The van der Waals surface area contributed by atoms with E-state index in [9.17, 15) is 18.0 Å². The van der Waals surface area contributed by atoms with Crippen LogP contribution in [0.25, 0.3) is 0 Å². The molecule has 2 rings (SSSR count). The van der Waals surface area contributed by atoms with Crippen molar-refractivity contribution in [2.24, 2.45) is 0 Å². The average Bonchev–Trinajstić information content (AvgIpc) is 3.13. The van der Waals surface area contributed by atoms with Gasteiger partial charge in [-0.25, -0.2) is 8.42 Å². The molecule has 7 nitrogen and oxygen atoms in total. The topological polar surface area (TPSA) is 102 Å². The summed E-state index contributed by atoms with van der Waals surface area (Å²) in [5.41, 5.74) is 0.922. The molecule has 0 saturated carbocycles. The van der Waals surface area contributed by atoms with Gasteiger partial charge in [0.25, 0.3) is 5.91 Å². The molecule has 9 heteroatoms. The highest BCUT2D eigenvalue weighted by Crippen LogP contribution is 2.17. The molecule has 0 aliphatic heterocycles. The SMILES string of the molecule is Cc1ccc(S(=O)(=O)NCC(=O)OCC(=O)N[C@@H](C)c2cccs2)cc1. The molecule has 0 aliphatic rings. The van der Waals surface area contributed by atoms with Crippen molar-refractivity contribution >= 4 is 33.2 Å². The number of hydrogen-bond donors (Lipinski definition) is 2. The fourth-order valence-electron chi connectivity index (χ4n) is 2.04. The number of hydrogen-bond acceptors (Lipinski definition) is 6. The van der Waals surface area contributed by atoms with Gasteiger partial charge in [-0.2, -0.15) is 4.72 Å². The van der Waals surface area contributed by atoms with Crippen LogP contribution in [0.15, 0.2) is 46.7 Å². The molecule has 1 heterocycles.